The molecule has 2 atom stereocenters. The standard InChI is InChI=1S/C22H31N/c1-15-11-12-21(17(3)13-15)19(5)18(4)14-23(7)22-10-8-9-16(2)20(22)6/h8-13,18-19H,14H2,1-7H3. The Morgan fingerprint density at radius 2 is 1.61 bits per heavy atom. The second kappa shape index (κ2) is 7.21. The number of nitrogens with zero attached hydrogens (tertiary/aromatic N) is 1. The molecule has 0 radical (unpaired) electrons. The van der Waals surface area contributed by atoms with Crippen molar-refractivity contribution in [2.24, 2.45) is 5.92 Å². The summed E-state index contributed by atoms with van der Waals surface area (Å²) in [6.07, 6.45) is 0. The number of anilines is 1. The van der Waals surface area contributed by atoms with Crippen molar-refractivity contribution in [2.75, 3.05) is 18.5 Å². The van der Waals surface area contributed by atoms with Crippen LogP contribution in [0.25, 0.3) is 0 Å². The second-order valence-electron chi connectivity index (χ2n) is 7.23. The molecule has 2 aromatic carbocycles. The van der Waals surface area contributed by atoms with Gasteiger partial charge < -0.3 is 4.90 Å². The van der Waals surface area contributed by atoms with Gasteiger partial charge in [0.15, 0.2) is 0 Å². The number of benzene rings is 2. The third kappa shape index (κ3) is 3.96. The van der Waals surface area contributed by atoms with E-state index in [4.69, 9.17) is 0 Å². The van der Waals surface area contributed by atoms with Crippen LogP contribution in [0.15, 0.2) is 36.4 Å². The van der Waals surface area contributed by atoms with Gasteiger partial charge in [-0.15, -0.1) is 0 Å². The van der Waals surface area contributed by atoms with Crippen LogP contribution in [0.4, 0.5) is 5.69 Å². The summed E-state index contributed by atoms with van der Waals surface area (Å²) in [5.74, 6) is 1.16. The summed E-state index contributed by atoms with van der Waals surface area (Å²) in [5, 5.41) is 0. The highest BCUT2D eigenvalue weighted by molar-refractivity contribution is 5.55. The van der Waals surface area contributed by atoms with Gasteiger partial charge in [-0.3, -0.25) is 0 Å². The molecule has 0 saturated carbocycles. The maximum atomic E-state index is 2.41. The topological polar surface area (TPSA) is 3.24 Å². The van der Waals surface area contributed by atoms with Crippen LogP contribution >= 0.6 is 0 Å². The van der Waals surface area contributed by atoms with Crippen LogP contribution in [0.2, 0.25) is 0 Å². The number of rotatable bonds is 5. The normalized spacial score (nSPS) is 13.7. The Hall–Kier alpha value is -1.76. The largest absolute Gasteiger partial charge is 0.374 e. The molecule has 0 aliphatic carbocycles. The highest BCUT2D eigenvalue weighted by atomic mass is 15.1. The monoisotopic (exact) mass is 309 g/mol. The van der Waals surface area contributed by atoms with E-state index in [1.54, 1.807) is 0 Å². The molecule has 2 rings (SSSR count). The average Bonchev–Trinajstić information content (AvgIpc) is 2.49. The van der Waals surface area contributed by atoms with E-state index in [-0.39, 0.29) is 0 Å². The number of aryl methyl sites for hydroxylation is 3. The van der Waals surface area contributed by atoms with E-state index < -0.39 is 0 Å². The molecule has 1 nitrogen and oxygen atoms in total. The highest BCUT2D eigenvalue weighted by Crippen LogP contribution is 2.30. The van der Waals surface area contributed by atoms with E-state index in [1.165, 1.54) is 33.5 Å². The second-order valence-corrected chi connectivity index (χ2v) is 7.23. The molecule has 0 N–H and O–H groups in total. The minimum Gasteiger partial charge on any atom is -0.374 e. The van der Waals surface area contributed by atoms with Gasteiger partial charge in [0.05, 0.1) is 0 Å². The fourth-order valence-electron chi connectivity index (χ4n) is 3.48. The molecule has 0 heterocycles. The molecule has 0 fully saturated rings. The van der Waals surface area contributed by atoms with Crippen LogP contribution < -0.4 is 4.90 Å². The molecule has 1 heteroatoms. The number of hydrogen-bond acceptors (Lipinski definition) is 1. The quantitative estimate of drug-likeness (QED) is 0.675. The van der Waals surface area contributed by atoms with Crippen molar-refractivity contribution in [1.29, 1.82) is 0 Å². The molecular weight excluding hydrogens is 278 g/mol. The van der Waals surface area contributed by atoms with Gasteiger partial charge in [-0.25, -0.2) is 0 Å². The predicted molar refractivity (Wildman–Crippen MR) is 103 cm³/mol. The van der Waals surface area contributed by atoms with E-state index in [9.17, 15) is 0 Å². The Bertz CT molecular complexity index is 672. The van der Waals surface area contributed by atoms with Gasteiger partial charge in [0.25, 0.3) is 0 Å². The molecule has 0 spiro atoms. The van der Waals surface area contributed by atoms with Crippen molar-refractivity contribution in [3.63, 3.8) is 0 Å². The van der Waals surface area contributed by atoms with Crippen LogP contribution in [0.3, 0.4) is 0 Å². The maximum absolute atomic E-state index is 2.41. The Morgan fingerprint density at radius 1 is 0.913 bits per heavy atom. The maximum Gasteiger partial charge on any atom is 0.0396 e. The van der Waals surface area contributed by atoms with Crippen molar-refractivity contribution in [3.05, 3.63) is 64.2 Å². The fourth-order valence-corrected chi connectivity index (χ4v) is 3.48. The first-order valence-corrected chi connectivity index (χ1v) is 8.65. The van der Waals surface area contributed by atoms with Crippen LogP contribution in [0.5, 0.6) is 0 Å². The molecule has 0 aliphatic heterocycles. The third-order valence-electron chi connectivity index (χ3n) is 5.32. The number of hydrogen-bond donors (Lipinski definition) is 0. The van der Waals surface area contributed by atoms with Gasteiger partial charge in [0.1, 0.15) is 0 Å². The Kier molecular flexibility index (Phi) is 5.51. The van der Waals surface area contributed by atoms with E-state index in [1.807, 2.05) is 0 Å². The molecule has 0 amide bonds. The summed E-state index contributed by atoms with van der Waals surface area (Å²) >= 11 is 0. The lowest BCUT2D eigenvalue weighted by atomic mass is 9.85. The van der Waals surface area contributed by atoms with Crippen molar-refractivity contribution >= 4 is 5.69 Å². The molecule has 0 bridgehead atoms. The van der Waals surface area contributed by atoms with E-state index in [2.05, 4.69) is 89.9 Å². The van der Waals surface area contributed by atoms with Gasteiger partial charge in [-0.1, -0.05) is 49.7 Å². The first-order valence-electron chi connectivity index (χ1n) is 8.65. The summed E-state index contributed by atoms with van der Waals surface area (Å²) in [7, 11) is 2.22. The summed E-state index contributed by atoms with van der Waals surface area (Å²) < 4.78 is 0. The van der Waals surface area contributed by atoms with Crippen LogP contribution in [-0.2, 0) is 0 Å². The molecular formula is C22H31N. The lowest BCUT2D eigenvalue weighted by Crippen LogP contribution is -2.27. The Morgan fingerprint density at radius 3 is 2.26 bits per heavy atom. The highest BCUT2D eigenvalue weighted by Gasteiger charge is 2.19. The summed E-state index contributed by atoms with van der Waals surface area (Å²) in [5.41, 5.74) is 8.35. The molecule has 23 heavy (non-hydrogen) atoms. The summed E-state index contributed by atoms with van der Waals surface area (Å²) in [6.45, 7) is 14.6. The van der Waals surface area contributed by atoms with E-state index >= 15 is 0 Å². The predicted octanol–water partition coefficient (Wildman–Crippen LogP) is 5.80. The smallest absolute Gasteiger partial charge is 0.0396 e. The van der Waals surface area contributed by atoms with Crippen molar-refractivity contribution in [2.45, 2.75) is 47.5 Å². The first-order chi connectivity index (χ1) is 10.8. The van der Waals surface area contributed by atoms with Gasteiger partial charge in [-0.2, -0.15) is 0 Å². The lowest BCUT2D eigenvalue weighted by Gasteiger charge is -2.29. The summed E-state index contributed by atoms with van der Waals surface area (Å²) in [6, 6.07) is 13.4. The van der Waals surface area contributed by atoms with Crippen LogP contribution in [0, 0.1) is 33.6 Å². The first kappa shape index (κ1) is 17.6. The zero-order valence-electron chi connectivity index (χ0n) is 15.8. The SMILES string of the molecule is Cc1ccc(C(C)C(C)CN(C)c2cccc(C)c2C)c(C)c1. The summed E-state index contributed by atoms with van der Waals surface area (Å²) in [4.78, 5) is 2.41. The minimum absolute atomic E-state index is 0.558. The van der Waals surface area contributed by atoms with Crippen molar-refractivity contribution in [3.8, 4) is 0 Å². The minimum atomic E-state index is 0.558. The van der Waals surface area contributed by atoms with Gasteiger partial charge >= 0.3 is 0 Å². The molecule has 0 aromatic heterocycles. The van der Waals surface area contributed by atoms with Crippen molar-refractivity contribution in [1.82, 2.24) is 0 Å². The van der Waals surface area contributed by atoms with Gasteiger partial charge in [0.2, 0.25) is 0 Å². The Labute approximate surface area is 142 Å². The van der Waals surface area contributed by atoms with Gasteiger partial charge in [0, 0.05) is 19.3 Å². The van der Waals surface area contributed by atoms with Gasteiger partial charge in [-0.05, 0) is 67.9 Å². The lowest BCUT2D eigenvalue weighted by molar-refractivity contribution is 0.487. The molecule has 0 saturated heterocycles. The zero-order valence-corrected chi connectivity index (χ0v) is 15.8. The van der Waals surface area contributed by atoms with E-state index in [0.717, 1.165) is 6.54 Å². The van der Waals surface area contributed by atoms with Crippen LogP contribution in [-0.4, -0.2) is 13.6 Å². The average molecular weight is 309 g/mol. The zero-order chi connectivity index (χ0) is 17.1. The van der Waals surface area contributed by atoms with E-state index in [0.29, 0.717) is 11.8 Å². The third-order valence-corrected chi connectivity index (χ3v) is 5.32. The Balaban J connectivity index is 2.14. The molecule has 2 aromatic rings. The fraction of sp³-hybridized carbons (Fsp3) is 0.455. The molecule has 0 aliphatic rings. The molecule has 124 valence electrons. The van der Waals surface area contributed by atoms with Crippen molar-refractivity contribution < 1.29 is 0 Å². The van der Waals surface area contributed by atoms with Crippen LogP contribution in [0.1, 0.15) is 47.6 Å². The molecule has 2 unspecified atom stereocenters.